The number of nitrogens with zero attached hydrogens (tertiary/aromatic N) is 5. The van der Waals surface area contributed by atoms with Crippen molar-refractivity contribution in [2.24, 2.45) is 5.73 Å². The van der Waals surface area contributed by atoms with Crippen LogP contribution in [0, 0.1) is 0 Å². The number of nitrogens with two attached hydrogens (primary N) is 1. The Labute approximate surface area is 213 Å². The van der Waals surface area contributed by atoms with Crippen molar-refractivity contribution in [1.29, 1.82) is 0 Å². The standard InChI is InChI=1S/C25H22F5N7O/c1-3-18(36(2)13-19(31)25(28,29)30)15-8-6-14(7-9-15)12-37-23-17(34-24(37)38)11-33-22(35-23)16-5-4-10-32-20(16)21(26)27/h3-11,13,21H,12,31H2,1-2H3,(H,34,38)/b18-3-,19-13-. The summed E-state index contributed by atoms with van der Waals surface area (Å²) >= 11 is 0. The summed E-state index contributed by atoms with van der Waals surface area (Å²) in [4.78, 5) is 28.7. The first-order valence-electron chi connectivity index (χ1n) is 11.2. The third-order valence-corrected chi connectivity index (χ3v) is 5.70. The normalized spacial score (nSPS) is 12.9. The number of imidazole rings is 1. The zero-order valence-corrected chi connectivity index (χ0v) is 20.2. The number of nitrogens with one attached hydrogen (secondary N) is 1. The van der Waals surface area contributed by atoms with Crippen molar-refractivity contribution in [1.82, 2.24) is 29.4 Å². The lowest BCUT2D eigenvalue weighted by atomic mass is 10.1. The van der Waals surface area contributed by atoms with Gasteiger partial charge in [-0.05, 0) is 30.2 Å². The van der Waals surface area contributed by atoms with E-state index in [0.29, 0.717) is 22.3 Å². The summed E-state index contributed by atoms with van der Waals surface area (Å²) in [5.41, 5.74) is 5.35. The fourth-order valence-electron chi connectivity index (χ4n) is 3.89. The second-order valence-electron chi connectivity index (χ2n) is 8.25. The van der Waals surface area contributed by atoms with Gasteiger partial charge in [0.2, 0.25) is 0 Å². The van der Waals surface area contributed by atoms with Crippen LogP contribution in [-0.2, 0) is 6.54 Å². The molecule has 4 aromatic rings. The summed E-state index contributed by atoms with van der Waals surface area (Å²) in [5.74, 6) is -0.00376. The van der Waals surface area contributed by atoms with E-state index in [1.54, 1.807) is 37.3 Å². The third kappa shape index (κ3) is 5.41. The van der Waals surface area contributed by atoms with Crippen molar-refractivity contribution < 1.29 is 22.0 Å². The highest BCUT2D eigenvalue weighted by Crippen LogP contribution is 2.28. The van der Waals surface area contributed by atoms with E-state index >= 15 is 0 Å². The van der Waals surface area contributed by atoms with Crippen LogP contribution in [0.5, 0.6) is 0 Å². The van der Waals surface area contributed by atoms with E-state index in [2.05, 4.69) is 19.9 Å². The molecule has 0 aliphatic heterocycles. The Morgan fingerprint density at radius 1 is 1.18 bits per heavy atom. The summed E-state index contributed by atoms with van der Waals surface area (Å²) in [7, 11) is 1.45. The zero-order valence-electron chi connectivity index (χ0n) is 20.2. The van der Waals surface area contributed by atoms with E-state index in [4.69, 9.17) is 5.73 Å². The van der Waals surface area contributed by atoms with Gasteiger partial charge in [-0.25, -0.2) is 23.5 Å². The number of benzene rings is 1. The van der Waals surface area contributed by atoms with Gasteiger partial charge in [0.25, 0.3) is 6.43 Å². The van der Waals surface area contributed by atoms with Crippen molar-refractivity contribution in [2.45, 2.75) is 26.1 Å². The average molecular weight is 531 g/mol. The monoisotopic (exact) mass is 531 g/mol. The number of allylic oxidation sites excluding steroid dienone is 2. The molecular weight excluding hydrogens is 509 g/mol. The van der Waals surface area contributed by atoms with Crippen molar-refractivity contribution in [3.05, 3.63) is 94.1 Å². The smallest absolute Gasteiger partial charge is 0.394 e. The topological polar surface area (TPSA) is 106 Å². The van der Waals surface area contributed by atoms with Gasteiger partial charge in [-0.1, -0.05) is 30.3 Å². The predicted octanol–water partition coefficient (Wildman–Crippen LogP) is 4.82. The van der Waals surface area contributed by atoms with Gasteiger partial charge >= 0.3 is 11.9 Å². The number of pyridine rings is 1. The molecule has 8 nitrogen and oxygen atoms in total. The molecule has 38 heavy (non-hydrogen) atoms. The first-order chi connectivity index (χ1) is 18.0. The maximum atomic E-state index is 13.4. The molecule has 3 heterocycles. The summed E-state index contributed by atoms with van der Waals surface area (Å²) in [6, 6.07) is 9.74. The fraction of sp³-hybridized carbons (Fsp3) is 0.200. The van der Waals surface area contributed by atoms with Crippen molar-refractivity contribution in [2.75, 3.05) is 7.05 Å². The summed E-state index contributed by atoms with van der Waals surface area (Å²) in [5, 5.41) is 0. The number of H-pyrrole nitrogens is 1. The average Bonchev–Trinajstić information content (AvgIpc) is 3.18. The number of aromatic nitrogens is 5. The van der Waals surface area contributed by atoms with Gasteiger partial charge in [0.15, 0.2) is 11.5 Å². The first-order valence-corrected chi connectivity index (χ1v) is 11.2. The minimum absolute atomic E-state index is 0.00376. The maximum Gasteiger partial charge on any atom is 0.432 e. The molecule has 0 spiro atoms. The van der Waals surface area contributed by atoms with E-state index in [0.717, 1.165) is 6.20 Å². The molecule has 0 atom stereocenters. The van der Waals surface area contributed by atoms with E-state index in [9.17, 15) is 26.7 Å². The quantitative estimate of drug-likeness (QED) is 0.331. The molecule has 0 amide bonds. The highest BCUT2D eigenvalue weighted by Gasteiger charge is 2.32. The zero-order chi connectivity index (χ0) is 27.6. The third-order valence-electron chi connectivity index (χ3n) is 5.70. The molecule has 0 aliphatic rings. The Morgan fingerprint density at radius 3 is 2.53 bits per heavy atom. The Hall–Kier alpha value is -4.55. The minimum Gasteiger partial charge on any atom is -0.394 e. The molecule has 4 rings (SSSR count). The van der Waals surface area contributed by atoms with Gasteiger partial charge < -0.3 is 15.6 Å². The number of fused-ring (bicyclic) bond motifs is 1. The Bertz CT molecular complexity index is 1570. The molecule has 0 unspecified atom stereocenters. The number of alkyl halides is 5. The number of halogens is 5. The van der Waals surface area contributed by atoms with Crippen LogP contribution in [0.4, 0.5) is 22.0 Å². The van der Waals surface area contributed by atoms with Crippen LogP contribution >= 0.6 is 0 Å². The molecule has 1 aromatic carbocycles. The molecule has 0 radical (unpaired) electrons. The predicted molar refractivity (Wildman–Crippen MR) is 132 cm³/mol. The summed E-state index contributed by atoms with van der Waals surface area (Å²) < 4.78 is 66.7. The Morgan fingerprint density at radius 2 is 1.89 bits per heavy atom. The van der Waals surface area contributed by atoms with Gasteiger partial charge in [0.1, 0.15) is 16.9 Å². The van der Waals surface area contributed by atoms with Gasteiger partial charge in [-0.2, -0.15) is 13.2 Å². The second kappa shape index (κ2) is 10.4. The lowest BCUT2D eigenvalue weighted by molar-refractivity contribution is -0.0934. The van der Waals surface area contributed by atoms with Gasteiger partial charge in [-0.3, -0.25) is 9.55 Å². The Kier molecular flexibility index (Phi) is 7.28. The van der Waals surface area contributed by atoms with Crippen molar-refractivity contribution >= 4 is 16.9 Å². The van der Waals surface area contributed by atoms with Crippen LogP contribution in [0.25, 0.3) is 28.2 Å². The lowest BCUT2D eigenvalue weighted by Gasteiger charge is -2.20. The van der Waals surface area contributed by atoms with Gasteiger partial charge in [-0.15, -0.1) is 0 Å². The number of hydrogen-bond acceptors (Lipinski definition) is 6. The van der Waals surface area contributed by atoms with Gasteiger partial charge in [0, 0.05) is 30.7 Å². The van der Waals surface area contributed by atoms with Crippen molar-refractivity contribution in [3.63, 3.8) is 0 Å². The van der Waals surface area contributed by atoms with Gasteiger partial charge in [0.05, 0.1) is 12.7 Å². The summed E-state index contributed by atoms with van der Waals surface area (Å²) in [6.07, 6.45) is -2.45. The molecule has 0 saturated carbocycles. The number of aromatic amines is 1. The number of rotatable bonds is 7. The first kappa shape index (κ1) is 26.5. The minimum atomic E-state index is -4.65. The van der Waals surface area contributed by atoms with Crippen LogP contribution < -0.4 is 11.4 Å². The molecule has 3 N–H and O–H groups in total. The van der Waals surface area contributed by atoms with Crippen LogP contribution in [0.2, 0.25) is 0 Å². The molecule has 0 fully saturated rings. The molecule has 0 bridgehead atoms. The highest BCUT2D eigenvalue weighted by molar-refractivity contribution is 5.73. The van der Waals surface area contributed by atoms with Crippen LogP contribution in [0.3, 0.4) is 0 Å². The van der Waals surface area contributed by atoms with E-state index in [1.165, 1.54) is 41.0 Å². The molecule has 0 aliphatic carbocycles. The molecule has 0 saturated heterocycles. The van der Waals surface area contributed by atoms with E-state index < -0.39 is 29.7 Å². The van der Waals surface area contributed by atoms with E-state index in [1.807, 2.05) is 0 Å². The SMILES string of the molecule is C/C=C(/c1ccc(Cn2c(=O)[nH]c3cnc(-c4cccnc4C(F)F)nc32)cc1)N(C)/C=C(\N)C(F)(F)F. The van der Waals surface area contributed by atoms with E-state index in [-0.39, 0.29) is 23.6 Å². The van der Waals surface area contributed by atoms with Crippen LogP contribution in [-0.4, -0.2) is 42.6 Å². The largest absolute Gasteiger partial charge is 0.432 e. The molecule has 198 valence electrons. The second-order valence-corrected chi connectivity index (χ2v) is 8.25. The highest BCUT2D eigenvalue weighted by atomic mass is 19.4. The Balaban J connectivity index is 1.64. The molecule has 13 heteroatoms. The maximum absolute atomic E-state index is 13.4. The molecular formula is C25H22F5N7O. The van der Waals surface area contributed by atoms with Crippen LogP contribution in [0.15, 0.2) is 71.6 Å². The number of hydrogen-bond donors (Lipinski definition) is 2. The van der Waals surface area contributed by atoms with Crippen molar-refractivity contribution in [3.8, 4) is 11.4 Å². The fourth-order valence-corrected chi connectivity index (χ4v) is 3.89. The lowest BCUT2D eigenvalue weighted by Crippen LogP contribution is -2.23. The van der Waals surface area contributed by atoms with Crippen LogP contribution in [0.1, 0.15) is 30.2 Å². The molecule has 3 aromatic heterocycles. The summed E-state index contributed by atoms with van der Waals surface area (Å²) in [6.45, 7) is 1.77.